The Kier molecular flexibility index (Phi) is 3.05. The first-order valence-corrected chi connectivity index (χ1v) is 8.16. The maximum absolute atomic E-state index is 9.72. The average Bonchev–Trinajstić information content (AvgIpc) is 3.02. The fraction of sp³-hybridized carbons (Fsp3) is 0.375. The number of benzene rings is 1. The van der Waals surface area contributed by atoms with E-state index in [0.717, 1.165) is 33.3 Å². The molecule has 0 amide bonds. The van der Waals surface area contributed by atoms with Crippen LogP contribution in [0.3, 0.4) is 0 Å². The largest absolute Gasteiger partial charge is 0.390 e. The van der Waals surface area contributed by atoms with Crippen LogP contribution in [0.1, 0.15) is 34.7 Å². The molecule has 21 heavy (non-hydrogen) atoms. The van der Waals surface area contributed by atoms with Gasteiger partial charge in [-0.2, -0.15) is 5.10 Å². The number of fused-ring (bicyclic) bond motifs is 2. The van der Waals surface area contributed by atoms with Crippen molar-refractivity contribution >= 4 is 16.3 Å². The van der Waals surface area contributed by atoms with Crippen molar-refractivity contribution in [1.29, 1.82) is 0 Å². The molecule has 2 heterocycles. The minimum Gasteiger partial charge on any atom is -0.390 e. The van der Waals surface area contributed by atoms with Crippen LogP contribution < -0.4 is 0 Å². The van der Waals surface area contributed by atoms with Gasteiger partial charge in [-0.05, 0) is 49.8 Å². The summed E-state index contributed by atoms with van der Waals surface area (Å²) in [6.07, 6.45) is 4.89. The van der Waals surface area contributed by atoms with Crippen molar-refractivity contribution in [3.8, 4) is 11.3 Å². The summed E-state index contributed by atoms with van der Waals surface area (Å²) in [4.78, 5) is 5.53. The molecule has 2 aromatic heterocycles. The van der Waals surface area contributed by atoms with Gasteiger partial charge in [0.1, 0.15) is 5.01 Å². The maximum atomic E-state index is 9.72. The molecular weight excluding hydrogens is 282 g/mol. The van der Waals surface area contributed by atoms with Gasteiger partial charge in [-0.15, -0.1) is 0 Å². The van der Waals surface area contributed by atoms with Gasteiger partial charge in [-0.3, -0.25) is 0 Å². The third-order valence-corrected chi connectivity index (χ3v) is 4.99. The lowest BCUT2D eigenvalue weighted by atomic mass is 9.90. The summed E-state index contributed by atoms with van der Waals surface area (Å²) in [6, 6.07) is 6.59. The van der Waals surface area contributed by atoms with E-state index in [1.165, 1.54) is 30.4 Å². The number of rotatable bonds is 2. The second kappa shape index (κ2) is 4.93. The molecular formula is C16H17N3OS. The molecule has 1 aliphatic carbocycles. The van der Waals surface area contributed by atoms with Crippen molar-refractivity contribution in [2.24, 2.45) is 0 Å². The van der Waals surface area contributed by atoms with Gasteiger partial charge in [0.25, 0.3) is 0 Å². The molecule has 0 spiro atoms. The molecule has 0 saturated heterocycles. The van der Waals surface area contributed by atoms with Crippen molar-refractivity contribution in [2.75, 3.05) is 0 Å². The average molecular weight is 299 g/mol. The Labute approximate surface area is 127 Å². The second-order valence-electron chi connectivity index (χ2n) is 5.57. The maximum Gasteiger partial charge on any atom is 0.213 e. The van der Waals surface area contributed by atoms with Gasteiger partial charge in [-0.1, -0.05) is 23.5 Å². The Morgan fingerprint density at radius 3 is 2.86 bits per heavy atom. The number of aliphatic hydroxyl groups excluding tert-OH is 1. The normalized spacial score (nSPS) is 14.6. The first-order chi connectivity index (χ1) is 10.3. The highest BCUT2D eigenvalue weighted by Crippen LogP contribution is 2.30. The summed E-state index contributed by atoms with van der Waals surface area (Å²) in [6.45, 7) is 1.91. The number of hydrogen-bond donors (Lipinski definition) is 1. The van der Waals surface area contributed by atoms with Gasteiger partial charge < -0.3 is 5.11 Å². The zero-order valence-electron chi connectivity index (χ0n) is 12.0. The van der Waals surface area contributed by atoms with E-state index in [9.17, 15) is 5.11 Å². The molecule has 0 fully saturated rings. The van der Waals surface area contributed by atoms with Crippen molar-refractivity contribution < 1.29 is 5.11 Å². The number of imidazole rings is 1. The van der Waals surface area contributed by atoms with Crippen LogP contribution in [0, 0.1) is 6.92 Å². The lowest BCUT2D eigenvalue weighted by molar-refractivity contribution is 0.275. The first-order valence-electron chi connectivity index (χ1n) is 7.34. The van der Waals surface area contributed by atoms with Crippen molar-refractivity contribution in [3.63, 3.8) is 0 Å². The summed E-state index contributed by atoms with van der Waals surface area (Å²) in [7, 11) is 0. The SMILES string of the molecule is Cc1nn2c(CO)c(-c3ccc4c(c3)CCCC4)nc2s1. The van der Waals surface area contributed by atoms with E-state index < -0.39 is 0 Å². The van der Waals surface area contributed by atoms with Crippen LogP contribution in [-0.2, 0) is 19.4 Å². The molecule has 1 aromatic carbocycles. The minimum atomic E-state index is -0.0449. The third kappa shape index (κ3) is 2.08. The zero-order valence-corrected chi connectivity index (χ0v) is 12.8. The summed E-state index contributed by atoms with van der Waals surface area (Å²) in [5, 5.41) is 15.1. The molecule has 5 heteroatoms. The summed E-state index contributed by atoms with van der Waals surface area (Å²) in [5.74, 6) is 0. The van der Waals surface area contributed by atoms with Crippen molar-refractivity contribution in [1.82, 2.24) is 14.6 Å². The van der Waals surface area contributed by atoms with Gasteiger partial charge >= 0.3 is 0 Å². The van der Waals surface area contributed by atoms with Crippen molar-refractivity contribution in [3.05, 3.63) is 40.0 Å². The van der Waals surface area contributed by atoms with Crippen LogP contribution in [0.5, 0.6) is 0 Å². The van der Waals surface area contributed by atoms with Crippen LogP contribution >= 0.6 is 11.3 Å². The fourth-order valence-corrected chi connectivity index (χ4v) is 3.90. The number of aliphatic hydroxyl groups is 1. The fourth-order valence-electron chi connectivity index (χ4n) is 3.14. The van der Waals surface area contributed by atoms with E-state index in [2.05, 4.69) is 28.3 Å². The van der Waals surface area contributed by atoms with Gasteiger partial charge in [0.2, 0.25) is 4.96 Å². The molecule has 1 N–H and O–H groups in total. The number of aromatic nitrogens is 3. The van der Waals surface area contributed by atoms with Gasteiger partial charge in [0.05, 0.1) is 18.0 Å². The molecule has 1 aliphatic rings. The minimum absolute atomic E-state index is 0.0449. The van der Waals surface area contributed by atoms with E-state index >= 15 is 0 Å². The molecule has 0 saturated carbocycles. The number of hydrogen-bond acceptors (Lipinski definition) is 4. The monoisotopic (exact) mass is 299 g/mol. The quantitative estimate of drug-likeness (QED) is 0.791. The molecule has 0 radical (unpaired) electrons. The van der Waals surface area contributed by atoms with E-state index in [1.807, 2.05) is 6.92 Å². The highest BCUT2D eigenvalue weighted by molar-refractivity contribution is 7.16. The third-order valence-electron chi connectivity index (χ3n) is 4.17. The van der Waals surface area contributed by atoms with Gasteiger partial charge in [-0.25, -0.2) is 9.50 Å². The van der Waals surface area contributed by atoms with E-state index in [4.69, 9.17) is 0 Å². The first kappa shape index (κ1) is 13.0. The molecule has 0 bridgehead atoms. The highest BCUT2D eigenvalue weighted by atomic mass is 32.1. The lowest BCUT2D eigenvalue weighted by Crippen LogP contribution is -2.03. The standard InChI is InChI=1S/C16H17N3OS/c1-10-18-19-14(9-20)15(17-16(19)21-10)13-7-6-11-4-2-3-5-12(11)8-13/h6-8,20H,2-5,9H2,1H3. The molecule has 4 nitrogen and oxygen atoms in total. The molecule has 0 aliphatic heterocycles. The van der Waals surface area contributed by atoms with E-state index in [1.54, 1.807) is 15.9 Å². The topological polar surface area (TPSA) is 50.4 Å². The molecule has 4 rings (SSSR count). The van der Waals surface area contributed by atoms with Gasteiger partial charge in [0, 0.05) is 5.56 Å². The summed E-state index contributed by atoms with van der Waals surface area (Å²) < 4.78 is 1.77. The molecule has 0 unspecified atom stereocenters. The van der Waals surface area contributed by atoms with E-state index in [-0.39, 0.29) is 6.61 Å². The molecule has 0 atom stereocenters. The number of nitrogens with zero attached hydrogens (tertiary/aromatic N) is 3. The van der Waals surface area contributed by atoms with Crippen LogP contribution in [0.4, 0.5) is 0 Å². The highest BCUT2D eigenvalue weighted by Gasteiger charge is 2.18. The van der Waals surface area contributed by atoms with Crippen LogP contribution in [0.2, 0.25) is 0 Å². The second-order valence-corrected chi connectivity index (χ2v) is 6.73. The predicted molar refractivity (Wildman–Crippen MR) is 83.6 cm³/mol. The molecule has 3 aromatic rings. The summed E-state index contributed by atoms with van der Waals surface area (Å²) in [5.41, 5.74) is 5.64. The Morgan fingerprint density at radius 2 is 2.05 bits per heavy atom. The van der Waals surface area contributed by atoms with Crippen LogP contribution in [-0.4, -0.2) is 19.7 Å². The Bertz CT molecular complexity index is 818. The van der Waals surface area contributed by atoms with Crippen LogP contribution in [0.15, 0.2) is 18.2 Å². The Balaban J connectivity index is 1.87. The number of aryl methyl sites for hydroxylation is 3. The molecule has 108 valence electrons. The lowest BCUT2D eigenvalue weighted by Gasteiger charge is -2.16. The van der Waals surface area contributed by atoms with E-state index in [0.29, 0.717) is 0 Å². The predicted octanol–water partition coefficient (Wildman–Crippen LogP) is 3.14. The summed E-state index contributed by atoms with van der Waals surface area (Å²) >= 11 is 1.56. The zero-order chi connectivity index (χ0) is 14.4. The Hall–Kier alpha value is -1.72. The van der Waals surface area contributed by atoms with Crippen LogP contribution in [0.25, 0.3) is 16.2 Å². The smallest absolute Gasteiger partial charge is 0.213 e. The van der Waals surface area contributed by atoms with Gasteiger partial charge in [0.15, 0.2) is 0 Å². The van der Waals surface area contributed by atoms with Crippen molar-refractivity contribution in [2.45, 2.75) is 39.2 Å². The Morgan fingerprint density at radius 1 is 1.24 bits per heavy atom.